The number of anilines is 2. The predicted octanol–water partition coefficient (Wildman–Crippen LogP) is 3.04. The second-order valence-electron chi connectivity index (χ2n) is 8.79. The minimum Gasteiger partial charge on any atom is -0.444 e. The molecule has 150 valence electrons. The van der Waals surface area contributed by atoms with E-state index in [0.29, 0.717) is 0 Å². The lowest BCUT2D eigenvalue weighted by Crippen LogP contribution is -2.51. The van der Waals surface area contributed by atoms with Crippen LogP contribution in [-0.2, 0) is 4.74 Å². The zero-order valence-corrected chi connectivity index (χ0v) is 17.0. The molecule has 2 heterocycles. The van der Waals surface area contributed by atoms with Crippen LogP contribution in [-0.4, -0.2) is 67.3 Å². The molecule has 2 aliphatic rings. The lowest BCUT2D eigenvalue weighted by molar-refractivity contribution is 0.0130. The summed E-state index contributed by atoms with van der Waals surface area (Å²) in [6, 6.07) is 8.19. The van der Waals surface area contributed by atoms with Crippen molar-refractivity contribution in [1.82, 2.24) is 9.80 Å². The fourth-order valence-electron chi connectivity index (χ4n) is 3.86. The fraction of sp³-hybridized carbons (Fsp3) is 0.667. The largest absolute Gasteiger partial charge is 0.444 e. The van der Waals surface area contributed by atoms with Gasteiger partial charge in [-0.1, -0.05) is 0 Å². The van der Waals surface area contributed by atoms with E-state index in [1.54, 1.807) is 0 Å². The van der Waals surface area contributed by atoms with Gasteiger partial charge in [0, 0.05) is 57.2 Å². The van der Waals surface area contributed by atoms with Crippen molar-refractivity contribution in [2.24, 2.45) is 5.92 Å². The number of benzene rings is 1. The van der Waals surface area contributed by atoms with E-state index in [4.69, 9.17) is 10.5 Å². The molecule has 1 amide bonds. The van der Waals surface area contributed by atoms with Crippen molar-refractivity contribution in [3.63, 3.8) is 0 Å². The van der Waals surface area contributed by atoms with Gasteiger partial charge < -0.3 is 20.3 Å². The van der Waals surface area contributed by atoms with Crippen LogP contribution < -0.4 is 10.6 Å². The molecule has 2 N–H and O–H groups in total. The number of nitrogens with two attached hydrogens (primary N) is 1. The maximum Gasteiger partial charge on any atom is 0.410 e. The number of hydrogen-bond donors (Lipinski definition) is 1. The van der Waals surface area contributed by atoms with E-state index in [0.717, 1.165) is 57.4 Å². The number of ether oxygens (including phenoxy) is 1. The van der Waals surface area contributed by atoms with Gasteiger partial charge in [-0.2, -0.15) is 0 Å². The number of nitrogen functional groups attached to an aromatic ring is 1. The quantitative estimate of drug-likeness (QED) is 0.824. The molecule has 2 fully saturated rings. The second-order valence-corrected chi connectivity index (χ2v) is 8.79. The number of hydrogen-bond acceptors (Lipinski definition) is 5. The highest BCUT2D eigenvalue weighted by Gasteiger charge is 2.28. The van der Waals surface area contributed by atoms with E-state index in [9.17, 15) is 4.79 Å². The van der Waals surface area contributed by atoms with E-state index in [1.807, 2.05) is 37.8 Å². The highest BCUT2D eigenvalue weighted by molar-refractivity contribution is 5.68. The van der Waals surface area contributed by atoms with Crippen LogP contribution in [0.5, 0.6) is 0 Å². The third-order valence-corrected chi connectivity index (χ3v) is 5.41. The Balaban J connectivity index is 1.39. The molecule has 1 aromatic carbocycles. The summed E-state index contributed by atoms with van der Waals surface area (Å²) in [4.78, 5) is 19.0. The molecule has 27 heavy (non-hydrogen) atoms. The molecular formula is C21H34N4O2. The third-order valence-electron chi connectivity index (χ3n) is 5.41. The van der Waals surface area contributed by atoms with Crippen LogP contribution in [0, 0.1) is 5.92 Å². The summed E-state index contributed by atoms with van der Waals surface area (Å²) in [5.41, 5.74) is 7.45. The summed E-state index contributed by atoms with van der Waals surface area (Å²) in [7, 11) is 0. The maximum absolute atomic E-state index is 12.2. The zero-order valence-electron chi connectivity index (χ0n) is 17.0. The number of rotatable bonds is 3. The number of carbonyl (C=O) groups is 1. The van der Waals surface area contributed by atoms with Crippen LogP contribution in [0.4, 0.5) is 16.2 Å². The minimum atomic E-state index is -0.424. The van der Waals surface area contributed by atoms with Gasteiger partial charge in [0.05, 0.1) is 0 Å². The third kappa shape index (κ3) is 5.76. The average molecular weight is 375 g/mol. The first-order chi connectivity index (χ1) is 12.8. The van der Waals surface area contributed by atoms with Gasteiger partial charge >= 0.3 is 6.09 Å². The van der Waals surface area contributed by atoms with Gasteiger partial charge in [-0.05, 0) is 63.8 Å². The summed E-state index contributed by atoms with van der Waals surface area (Å²) in [6.07, 6.45) is 2.26. The van der Waals surface area contributed by atoms with E-state index < -0.39 is 5.60 Å². The molecular weight excluding hydrogens is 340 g/mol. The highest BCUT2D eigenvalue weighted by Crippen LogP contribution is 2.25. The SMILES string of the molecule is CC(C)(C)OC(=O)N1CCN(CC2CCN(c3ccc(N)cc3)CC2)CC1. The molecule has 6 nitrogen and oxygen atoms in total. The Labute approximate surface area is 163 Å². The standard InChI is InChI=1S/C21H34N4O2/c1-21(2,3)27-20(26)25-14-12-23(13-15-25)16-17-8-10-24(11-9-17)19-6-4-18(22)5-7-19/h4-7,17H,8-16,22H2,1-3H3. The van der Waals surface area contributed by atoms with Gasteiger partial charge in [-0.3, -0.25) is 4.90 Å². The Morgan fingerprint density at radius 3 is 2.19 bits per heavy atom. The van der Waals surface area contributed by atoms with Crippen LogP contribution in [0.1, 0.15) is 33.6 Å². The van der Waals surface area contributed by atoms with Crippen LogP contribution in [0.25, 0.3) is 0 Å². The Bertz CT molecular complexity index is 610. The molecule has 0 atom stereocenters. The van der Waals surface area contributed by atoms with Crippen LogP contribution in [0.2, 0.25) is 0 Å². The summed E-state index contributed by atoms with van der Waals surface area (Å²) in [5, 5.41) is 0. The van der Waals surface area contributed by atoms with Crippen molar-refractivity contribution in [2.45, 2.75) is 39.2 Å². The van der Waals surface area contributed by atoms with E-state index in [2.05, 4.69) is 21.9 Å². The molecule has 1 aromatic rings. The molecule has 0 spiro atoms. The maximum atomic E-state index is 12.2. The summed E-state index contributed by atoms with van der Waals surface area (Å²) >= 11 is 0. The first-order valence-electron chi connectivity index (χ1n) is 10.1. The first-order valence-corrected chi connectivity index (χ1v) is 10.1. The molecule has 0 unspecified atom stereocenters. The summed E-state index contributed by atoms with van der Waals surface area (Å²) < 4.78 is 5.48. The van der Waals surface area contributed by atoms with Crippen molar-refractivity contribution in [3.05, 3.63) is 24.3 Å². The molecule has 6 heteroatoms. The smallest absolute Gasteiger partial charge is 0.410 e. The number of carbonyl (C=O) groups excluding carboxylic acids is 1. The Kier molecular flexibility index (Phi) is 6.15. The number of nitrogens with zero attached hydrogens (tertiary/aromatic N) is 3. The van der Waals surface area contributed by atoms with Crippen molar-refractivity contribution in [3.8, 4) is 0 Å². The number of piperazine rings is 1. The minimum absolute atomic E-state index is 0.182. The second kappa shape index (κ2) is 8.38. The molecule has 2 aliphatic heterocycles. The van der Waals surface area contributed by atoms with E-state index >= 15 is 0 Å². The summed E-state index contributed by atoms with van der Waals surface area (Å²) in [6.45, 7) is 12.5. The average Bonchev–Trinajstić information content (AvgIpc) is 2.62. The normalized spacial score (nSPS) is 20.0. The van der Waals surface area contributed by atoms with E-state index in [1.165, 1.54) is 18.5 Å². The molecule has 0 aliphatic carbocycles. The molecule has 0 radical (unpaired) electrons. The van der Waals surface area contributed by atoms with Crippen LogP contribution >= 0.6 is 0 Å². The number of amides is 1. The van der Waals surface area contributed by atoms with Gasteiger partial charge in [-0.15, -0.1) is 0 Å². The molecule has 2 saturated heterocycles. The lowest BCUT2D eigenvalue weighted by Gasteiger charge is -2.39. The van der Waals surface area contributed by atoms with Crippen molar-refractivity contribution >= 4 is 17.5 Å². The van der Waals surface area contributed by atoms with Gasteiger partial charge in [0.2, 0.25) is 0 Å². The summed E-state index contributed by atoms with van der Waals surface area (Å²) in [5.74, 6) is 0.739. The predicted molar refractivity (Wildman–Crippen MR) is 110 cm³/mol. The monoisotopic (exact) mass is 374 g/mol. The molecule has 0 bridgehead atoms. The van der Waals surface area contributed by atoms with Crippen molar-refractivity contribution < 1.29 is 9.53 Å². The molecule has 0 saturated carbocycles. The lowest BCUT2D eigenvalue weighted by atomic mass is 9.95. The van der Waals surface area contributed by atoms with E-state index in [-0.39, 0.29) is 6.09 Å². The topological polar surface area (TPSA) is 62.0 Å². The van der Waals surface area contributed by atoms with Gasteiger partial charge in [-0.25, -0.2) is 4.79 Å². The fourth-order valence-corrected chi connectivity index (χ4v) is 3.86. The Morgan fingerprint density at radius 2 is 1.63 bits per heavy atom. The van der Waals surface area contributed by atoms with Crippen molar-refractivity contribution in [2.75, 3.05) is 56.4 Å². The highest BCUT2D eigenvalue weighted by atomic mass is 16.6. The van der Waals surface area contributed by atoms with Gasteiger partial charge in [0.1, 0.15) is 5.60 Å². The Hall–Kier alpha value is -1.95. The van der Waals surface area contributed by atoms with Crippen LogP contribution in [0.15, 0.2) is 24.3 Å². The van der Waals surface area contributed by atoms with Crippen LogP contribution in [0.3, 0.4) is 0 Å². The molecule has 0 aromatic heterocycles. The van der Waals surface area contributed by atoms with Gasteiger partial charge in [0.15, 0.2) is 0 Å². The van der Waals surface area contributed by atoms with Crippen molar-refractivity contribution in [1.29, 1.82) is 0 Å². The molecule has 3 rings (SSSR count). The number of piperidine rings is 1. The zero-order chi connectivity index (χ0) is 19.4. The van der Waals surface area contributed by atoms with Gasteiger partial charge in [0.25, 0.3) is 0 Å². The Morgan fingerprint density at radius 1 is 1.04 bits per heavy atom. The first kappa shape index (κ1) is 19.8.